The van der Waals surface area contributed by atoms with Gasteiger partial charge in [0.2, 0.25) is 5.92 Å². The van der Waals surface area contributed by atoms with Gasteiger partial charge in [0, 0.05) is 35.6 Å². The number of aromatic carboxylic acids is 1. The molecule has 0 saturated heterocycles. The summed E-state index contributed by atoms with van der Waals surface area (Å²) in [5.74, 6) is -5.24. The molecule has 1 heterocycles. The highest BCUT2D eigenvalue weighted by molar-refractivity contribution is 6.03. The van der Waals surface area contributed by atoms with Crippen LogP contribution in [0.5, 0.6) is 5.75 Å². The molecule has 0 atom stereocenters. The maximum atomic E-state index is 14.5. The maximum Gasteiger partial charge on any atom is 0.335 e. The molecule has 1 aliphatic rings. The molecule has 33 heavy (non-hydrogen) atoms. The Labute approximate surface area is 189 Å². The van der Waals surface area contributed by atoms with Gasteiger partial charge in [-0.2, -0.15) is 0 Å². The summed E-state index contributed by atoms with van der Waals surface area (Å²) in [5.41, 5.74) is 1.24. The number of hydrogen-bond acceptors (Lipinski definition) is 3. The molecule has 1 aliphatic carbocycles. The molecule has 8 heteroatoms. The van der Waals surface area contributed by atoms with Crippen LogP contribution in [0.4, 0.5) is 13.2 Å². The Morgan fingerprint density at radius 2 is 1.73 bits per heavy atom. The summed E-state index contributed by atoms with van der Waals surface area (Å²) in [5, 5.41) is 30.4. The lowest BCUT2D eigenvalue weighted by Gasteiger charge is -2.34. The topological polar surface area (TPSA) is 82.7 Å². The number of hydrogen-bond donors (Lipinski definition) is 3. The van der Waals surface area contributed by atoms with E-state index in [4.69, 9.17) is 0 Å². The van der Waals surface area contributed by atoms with Crippen molar-refractivity contribution in [2.45, 2.75) is 56.9 Å². The van der Waals surface area contributed by atoms with E-state index in [0.29, 0.717) is 22.3 Å². The van der Waals surface area contributed by atoms with Gasteiger partial charge >= 0.3 is 5.97 Å². The van der Waals surface area contributed by atoms with Gasteiger partial charge in [0.25, 0.3) is 0 Å². The normalized spacial score (nSPS) is 16.9. The minimum absolute atomic E-state index is 0.0652. The van der Waals surface area contributed by atoms with Gasteiger partial charge in [0.05, 0.1) is 23.1 Å². The number of nitrogens with zero attached hydrogens (tertiary/aromatic N) is 1. The largest absolute Gasteiger partial charge is 0.504 e. The summed E-state index contributed by atoms with van der Waals surface area (Å²) in [4.78, 5) is 11.3. The summed E-state index contributed by atoms with van der Waals surface area (Å²) in [7, 11) is 0. The summed E-state index contributed by atoms with van der Waals surface area (Å²) >= 11 is 0. The number of carboxylic acids is 1. The third kappa shape index (κ3) is 3.97. The number of phenolic OH excluding ortho intramolecular Hbond substituents is 1. The highest BCUT2D eigenvalue weighted by Gasteiger charge is 2.40. The third-order valence-electron chi connectivity index (χ3n) is 6.60. The number of benzene rings is 2. The van der Waals surface area contributed by atoms with E-state index in [1.807, 2.05) is 4.57 Å². The molecular weight excluding hydrogens is 435 g/mol. The molecule has 5 nitrogen and oxygen atoms in total. The number of carbonyl (C=O) groups is 1. The zero-order chi connectivity index (χ0) is 24.1. The van der Waals surface area contributed by atoms with Crippen molar-refractivity contribution in [1.29, 1.82) is 0 Å². The van der Waals surface area contributed by atoms with E-state index in [9.17, 15) is 33.3 Å². The average molecular weight is 461 g/mol. The number of carboxylic acid groups (broad SMARTS) is 1. The molecule has 2 aromatic carbocycles. The molecule has 3 N–H and O–H groups in total. The maximum absolute atomic E-state index is 14.5. The van der Waals surface area contributed by atoms with Gasteiger partial charge in [0.15, 0.2) is 11.6 Å². The Kier molecular flexibility index (Phi) is 5.68. The second-order valence-electron chi connectivity index (χ2n) is 9.40. The molecule has 4 rings (SSSR count). The molecule has 1 saturated carbocycles. The monoisotopic (exact) mass is 461 g/mol. The molecule has 3 aromatic rings. The number of aliphatic hydroxyl groups excluding tert-OH is 1. The van der Waals surface area contributed by atoms with Crippen molar-refractivity contribution in [2.24, 2.45) is 0 Å². The average Bonchev–Trinajstić information content (AvgIpc) is 3.13. The van der Waals surface area contributed by atoms with Crippen LogP contribution in [0.3, 0.4) is 0 Å². The van der Waals surface area contributed by atoms with E-state index in [2.05, 4.69) is 0 Å². The summed E-state index contributed by atoms with van der Waals surface area (Å²) in [6, 6.07) is 8.28. The van der Waals surface area contributed by atoms with Gasteiger partial charge in [-0.05, 0) is 42.7 Å². The predicted molar refractivity (Wildman–Crippen MR) is 119 cm³/mol. The van der Waals surface area contributed by atoms with E-state index < -0.39 is 28.9 Å². The molecule has 1 aromatic heterocycles. The van der Waals surface area contributed by atoms with Crippen molar-refractivity contribution in [3.8, 4) is 16.9 Å². The Morgan fingerprint density at radius 1 is 1.12 bits per heavy atom. The van der Waals surface area contributed by atoms with Crippen LogP contribution in [0.2, 0.25) is 0 Å². The number of phenols is 1. The van der Waals surface area contributed by atoms with Crippen LogP contribution in [0.25, 0.3) is 22.0 Å². The number of halogens is 3. The van der Waals surface area contributed by atoms with Gasteiger partial charge in [-0.25, -0.2) is 18.0 Å². The first-order valence-corrected chi connectivity index (χ1v) is 10.8. The fourth-order valence-corrected chi connectivity index (χ4v) is 4.82. The van der Waals surface area contributed by atoms with Crippen LogP contribution in [-0.4, -0.2) is 38.4 Å². The Morgan fingerprint density at radius 3 is 2.27 bits per heavy atom. The molecule has 0 amide bonds. The highest BCUT2D eigenvalue weighted by Crippen LogP contribution is 2.49. The second-order valence-corrected chi connectivity index (χ2v) is 9.40. The quantitative estimate of drug-likeness (QED) is 0.444. The smallest absolute Gasteiger partial charge is 0.335 e. The predicted octanol–water partition coefficient (Wildman–Crippen LogP) is 5.87. The van der Waals surface area contributed by atoms with Crippen LogP contribution in [0, 0.1) is 5.82 Å². The summed E-state index contributed by atoms with van der Waals surface area (Å²) in [6.45, 7) is 3.30. The molecular formula is C25H26F3NO4. The fraction of sp³-hybridized carbons (Fsp3) is 0.400. The first kappa shape index (κ1) is 23.2. The van der Waals surface area contributed by atoms with E-state index in [-0.39, 0.29) is 49.3 Å². The van der Waals surface area contributed by atoms with Crippen molar-refractivity contribution in [3.63, 3.8) is 0 Å². The SMILES string of the molecule is CC(C)(CO)c1c(-c2ccc(C(=O)O)cc2)c2c(O)c(F)ccc2n1C1CCC(F)(F)CC1. The zero-order valence-corrected chi connectivity index (χ0v) is 18.4. The van der Waals surface area contributed by atoms with Crippen molar-refractivity contribution >= 4 is 16.9 Å². The molecule has 0 spiro atoms. The fourth-order valence-electron chi connectivity index (χ4n) is 4.82. The second kappa shape index (κ2) is 8.09. The lowest BCUT2D eigenvalue weighted by Crippen LogP contribution is -2.31. The first-order chi connectivity index (χ1) is 15.5. The van der Waals surface area contributed by atoms with Crippen LogP contribution < -0.4 is 0 Å². The summed E-state index contributed by atoms with van der Waals surface area (Å²) < 4.78 is 44.2. The van der Waals surface area contributed by atoms with Crippen molar-refractivity contribution in [3.05, 3.63) is 53.5 Å². The Bertz CT molecular complexity index is 1200. The lowest BCUT2D eigenvalue weighted by molar-refractivity contribution is -0.0440. The van der Waals surface area contributed by atoms with Gasteiger partial charge in [-0.15, -0.1) is 0 Å². The van der Waals surface area contributed by atoms with E-state index >= 15 is 0 Å². The molecule has 0 bridgehead atoms. The van der Waals surface area contributed by atoms with E-state index in [1.54, 1.807) is 26.0 Å². The Balaban J connectivity index is 2.06. The number of rotatable bonds is 5. The molecule has 0 unspecified atom stereocenters. The molecule has 1 fully saturated rings. The van der Waals surface area contributed by atoms with Crippen molar-refractivity contribution in [2.75, 3.05) is 6.61 Å². The van der Waals surface area contributed by atoms with E-state index in [1.165, 1.54) is 18.2 Å². The number of aliphatic hydroxyl groups is 1. The van der Waals surface area contributed by atoms with Crippen LogP contribution in [0.15, 0.2) is 36.4 Å². The minimum Gasteiger partial charge on any atom is -0.504 e. The van der Waals surface area contributed by atoms with Gasteiger partial charge in [-0.1, -0.05) is 26.0 Å². The van der Waals surface area contributed by atoms with Crippen LogP contribution in [-0.2, 0) is 5.41 Å². The zero-order valence-electron chi connectivity index (χ0n) is 18.4. The Hall–Kier alpha value is -3.00. The summed E-state index contributed by atoms with van der Waals surface area (Å²) in [6.07, 6.45) is -0.181. The number of fused-ring (bicyclic) bond motifs is 1. The van der Waals surface area contributed by atoms with Crippen LogP contribution in [0.1, 0.15) is 61.6 Å². The number of alkyl halides is 2. The number of aromatic nitrogens is 1. The van der Waals surface area contributed by atoms with Gasteiger partial charge in [-0.3, -0.25) is 0 Å². The minimum atomic E-state index is -2.74. The van der Waals surface area contributed by atoms with E-state index in [0.717, 1.165) is 6.07 Å². The standard InChI is InChI=1S/C25H26F3NO4/c1-24(2,13-30)22-19(14-3-5-15(6-4-14)23(32)33)20-18(8-7-17(26)21(20)31)29(22)16-9-11-25(27,28)12-10-16/h3-8,16,30-31H,9-13H2,1-2H3,(H,32,33). The molecule has 0 aliphatic heterocycles. The van der Waals surface area contributed by atoms with Gasteiger partial charge in [0.1, 0.15) is 0 Å². The molecule has 0 radical (unpaired) electrons. The first-order valence-electron chi connectivity index (χ1n) is 10.8. The number of aromatic hydroxyl groups is 1. The van der Waals surface area contributed by atoms with Crippen LogP contribution >= 0.6 is 0 Å². The van der Waals surface area contributed by atoms with Crippen molar-refractivity contribution < 1.29 is 33.3 Å². The van der Waals surface area contributed by atoms with Gasteiger partial charge < -0.3 is 19.9 Å². The molecule has 176 valence electrons. The van der Waals surface area contributed by atoms with Crippen molar-refractivity contribution in [1.82, 2.24) is 4.57 Å². The lowest BCUT2D eigenvalue weighted by atomic mass is 9.83. The highest BCUT2D eigenvalue weighted by atomic mass is 19.3. The third-order valence-corrected chi connectivity index (χ3v) is 6.60.